The number of rotatable bonds is 5. The number of nitrogens with one attached hydrogen (secondary N) is 1. The van der Waals surface area contributed by atoms with Crippen LogP contribution in [0.4, 0.5) is 0 Å². The third-order valence-electron chi connectivity index (χ3n) is 3.65. The summed E-state index contributed by atoms with van der Waals surface area (Å²) in [7, 11) is 0. The number of pyridine rings is 1. The molecule has 1 aliphatic heterocycles. The molecule has 6 heteroatoms. The van der Waals surface area contributed by atoms with E-state index in [4.69, 9.17) is 4.74 Å². The second-order valence-corrected chi connectivity index (χ2v) is 6.44. The largest absolute Gasteiger partial charge is 0.376 e. The van der Waals surface area contributed by atoms with Crippen molar-refractivity contribution in [2.75, 3.05) is 13.2 Å². The summed E-state index contributed by atoms with van der Waals surface area (Å²) in [5.74, 6) is 0.0230. The van der Waals surface area contributed by atoms with Crippen LogP contribution in [0.25, 0.3) is 10.7 Å². The molecule has 5 nitrogen and oxygen atoms in total. The molecule has 22 heavy (non-hydrogen) atoms. The minimum Gasteiger partial charge on any atom is -0.376 e. The van der Waals surface area contributed by atoms with E-state index in [9.17, 15) is 4.79 Å². The van der Waals surface area contributed by atoms with Crippen LogP contribution in [0.1, 0.15) is 23.4 Å². The van der Waals surface area contributed by atoms with Crippen molar-refractivity contribution in [1.82, 2.24) is 15.3 Å². The lowest BCUT2D eigenvalue weighted by molar-refractivity contribution is -0.120. The molecule has 0 radical (unpaired) electrons. The lowest BCUT2D eigenvalue weighted by Crippen LogP contribution is -2.32. The number of thiazole rings is 1. The number of carbonyl (C=O) groups is 1. The summed E-state index contributed by atoms with van der Waals surface area (Å²) in [4.78, 5) is 21.9. The van der Waals surface area contributed by atoms with Crippen LogP contribution in [0, 0.1) is 6.92 Å². The molecule has 0 saturated carbocycles. The Bertz CT molecular complexity index is 636. The van der Waals surface area contributed by atoms with Gasteiger partial charge < -0.3 is 10.1 Å². The van der Waals surface area contributed by atoms with E-state index in [1.165, 1.54) is 11.3 Å². The fourth-order valence-electron chi connectivity index (χ4n) is 2.43. The normalized spacial score (nSPS) is 17.6. The van der Waals surface area contributed by atoms with E-state index < -0.39 is 0 Å². The number of aryl methyl sites for hydroxylation is 1. The van der Waals surface area contributed by atoms with Crippen LogP contribution in [0.5, 0.6) is 0 Å². The minimum absolute atomic E-state index is 0.0230. The highest BCUT2D eigenvalue weighted by Crippen LogP contribution is 2.26. The van der Waals surface area contributed by atoms with Crippen LogP contribution >= 0.6 is 11.3 Å². The molecule has 1 N–H and O–H groups in total. The lowest BCUT2D eigenvalue weighted by atomic mass is 10.2. The van der Waals surface area contributed by atoms with Crippen molar-refractivity contribution in [1.29, 1.82) is 0 Å². The van der Waals surface area contributed by atoms with E-state index in [0.29, 0.717) is 13.0 Å². The van der Waals surface area contributed by atoms with Gasteiger partial charge in [0.25, 0.3) is 0 Å². The average Bonchev–Trinajstić information content (AvgIpc) is 3.17. The van der Waals surface area contributed by atoms with Crippen LogP contribution in [0.15, 0.2) is 24.4 Å². The Labute approximate surface area is 133 Å². The number of hydrogen-bond acceptors (Lipinski definition) is 5. The molecule has 1 saturated heterocycles. The summed E-state index contributed by atoms with van der Waals surface area (Å²) in [5, 5.41) is 3.81. The van der Waals surface area contributed by atoms with Crippen LogP contribution in [-0.2, 0) is 16.0 Å². The SMILES string of the molecule is Cc1nc(-c2ccccn2)sc1CC(=O)NCC1CCCO1. The summed E-state index contributed by atoms with van der Waals surface area (Å²) < 4.78 is 5.51. The van der Waals surface area contributed by atoms with Crippen molar-refractivity contribution in [3.05, 3.63) is 35.0 Å². The van der Waals surface area contributed by atoms with Crippen molar-refractivity contribution in [3.63, 3.8) is 0 Å². The van der Waals surface area contributed by atoms with E-state index in [0.717, 1.165) is 40.7 Å². The number of hydrogen-bond donors (Lipinski definition) is 1. The predicted octanol–water partition coefficient (Wildman–Crippen LogP) is 2.35. The zero-order valence-corrected chi connectivity index (χ0v) is 13.4. The number of ether oxygens (including phenoxy) is 1. The van der Waals surface area contributed by atoms with E-state index >= 15 is 0 Å². The molecule has 0 aromatic carbocycles. The topological polar surface area (TPSA) is 64.1 Å². The molecule has 3 rings (SSSR count). The van der Waals surface area contributed by atoms with Crippen molar-refractivity contribution >= 4 is 17.2 Å². The predicted molar refractivity (Wildman–Crippen MR) is 85.8 cm³/mol. The maximum Gasteiger partial charge on any atom is 0.225 e. The highest BCUT2D eigenvalue weighted by Gasteiger charge is 2.17. The van der Waals surface area contributed by atoms with E-state index in [-0.39, 0.29) is 12.0 Å². The van der Waals surface area contributed by atoms with Gasteiger partial charge in [-0.1, -0.05) is 6.07 Å². The van der Waals surface area contributed by atoms with Crippen LogP contribution in [0.2, 0.25) is 0 Å². The zero-order valence-electron chi connectivity index (χ0n) is 12.5. The molecule has 116 valence electrons. The first-order valence-corrected chi connectivity index (χ1v) is 8.30. The highest BCUT2D eigenvalue weighted by atomic mass is 32.1. The Morgan fingerprint density at radius 2 is 2.41 bits per heavy atom. The third kappa shape index (κ3) is 3.69. The Morgan fingerprint density at radius 1 is 1.50 bits per heavy atom. The molecule has 0 spiro atoms. The van der Waals surface area contributed by atoms with Crippen molar-refractivity contribution in [2.24, 2.45) is 0 Å². The van der Waals surface area contributed by atoms with Gasteiger partial charge in [-0.25, -0.2) is 4.98 Å². The van der Waals surface area contributed by atoms with Crippen molar-refractivity contribution in [2.45, 2.75) is 32.3 Å². The maximum absolute atomic E-state index is 12.1. The highest BCUT2D eigenvalue weighted by molar-refractivity contribution is 7.15. The molecule has 1 atom stereocenters. The Balaban J connectivity index is 1.60. The summed E-state index contributed by atoms with van der Waals surface area (Å²) in [6.45, 7) is 3.34. The summed E-state index contributed by atoms with van der Waals surface area (Å²) in [5.41, 5.74) is 1.75. The van der Waals surface area contributed by atoms with E-state index in [1.54, 1.807) is 6.20 Å². The fraction of sp³-hybridized carbons (Fsp3) is 0.438. The number of carbonyl (C=O) groups excluding carboxylic acids is 1. The van der Waals surface area contributed by atoms with Crippen LogP contribution < -0.4 is 5.32 Å². The quantitative estimate of drug-likeness (QED) is 0.919. The molecule has 1 unspecified atom stereocenters. The van der Waals surface area contributed by atoms with E-state index in [2.05, 4.69) is 15.3 Å². The van der Waals surface area contributed by atoms with Gasteiger partial charge >= 0.3 is 0 Å². The van der Waals surface area contributed by atoms with Crippen molar-refractivity contribution < 1.29 is 9.53 Å². The molecule has 1 aliphatic rings. The Morgan fingerprint density at radius 3 is 3.14 bits per heavy atom. The molecule has 1 fully saturated rings. The van der Waals surface area contributed by atoms with Gasteiger partial charge in [0, 0.05) is 24.2 Å². The van der Waals surface area contributed by atoms with Gasteiger partial charge in [-0.3, -0.25) is 9.78 Å². The molecule has 3 heterocycles. The summed E-state index contributed by atoms with van der Waals surface area (Å²) in [6.07, 6.45) is 4.41. The van der Waals surface area contributed by atoms with Gasteiger partial charge in [-0.15, -0.1) is 11.3 Å². The fourth-order valence-corrected chi connectivity index (χ4v) is 3.47. The van der Waals surface area contributed by atoms with Crippen molar-refractivity contribution in [3.8, 4) is 10.7 Å². The monoisotopic (exact) mass is 317 g/mol. The minimum atomic E-state index is 0.0230. The first kappa shape index (κ1) is 15.1. The van der Waals surface area contributed by atoms with Gasteiger partial charge in [0.2, 0.25) is 5.91 Å². The molecular weight excluding hydrogens is 298 g/mol. The third-order valence-corrected chi connectivity index (χ3v) is 4.83. The summed E-state index contributed by atoms with van der Waals surface area (Å²) >= 11 is 1.53. The van der Waals surface area contributed by atoms with Crippen LogP contribution in [-0.4, -0.2) is 35.1 Å². The summed E-state index contributed by atoms with van der Waals surface area (Å²) in [6, 6.07) is 5.75. The van der Waals surface area contributed by atoms with Gasteiger partial charge in [0.1, 0.15) is 5.01 Å². The smallest absolute Gasteiger partial charge is 0.225 e. The van der Waals surface area contributed by atoms with Gasteiger partial charge in [-0.2, -0.15) is 0 Å². The maximum atomic E-state index is 12.1. The molecule has 2 aromatic heterocycles. The Kier molecular flexibility index (Phi) is 4.80. The lowest BCUT2D eigenvalue weighted by Gasteiger charge is -2.10. The first-order valence-electron chi connectivity index (χ1n) is 7.48. The number of nitrogens with zero attached hydrogens (tertiary/aromatic N) is 2. The number of aromatic nitrogens is 2. The first-order chi connectivity index (χ1) is 10.7. The molecule has 1 amide bonds. The molecule has 2 aromatic rings. The average molecular weight is 317 g/mol. The van der Waals surface area contributed by atoms with Crippen LogP contribution in [0.3, 0.4) is 0 Å². The second-order valence-electron chi connectivity index (χ2n) is 5.36. The van der Waals surface area contributed by atoms with Gasteiger partial charge in [-0.05, 0) is 31.9 Å². The zero-order chi connectivity index (χ0) is 15.4. The van der Waals surface area contributed by atoms with Gasteiger partial charge in [0.05, 0.1) is 23.9 Å². The number of amides is 1. The molecule has 0 bridgehead atoms. The van der Waals surface area contributed by atoms with Gasteiger partial charge in [0.15, 0.2) is 0 Å². The standard InChI is InChI=1S/C16H19N3O2S/c1-11-14(9-15(20)18-10-12-5-4-8-21-12)22-16(19-11)13-6-2-3-7-17-13/h2-3,6-7,12H,4-5,8-10H2,1H3,(H,18,20). The molecular formula is C16H19N3O2S. The molecule has 0 aliphatic carbocycles. The Hall–Kier alpha value is -1.79. The van der Waals surface area contributed by atoms with E-state index in [1.807, 2.05) is 25.1 Å². The second kappa shape index (κ2) is 6.98.